The molecule has 0 N–H and O–H groups in total. The SMILES string of the molecule is CCSc1ccc(C(=O)N(CCN(CC)CC)c2nc3ccc(CC)cc3s2)cc1.Cl. The van der Waals surface area contributed by atoms with E-state index in [0.717, 1.165) is 47.2 Å². The van der Waals surface area contributed by atoms with Gasteiger partial charge in [-0.1, -0.05) is 45.1 Å². The smallest absolute Gasteiger partial charge is 0.260 e. The van der Waals surface area contributed by atoms with Gasteiger partial charge in [0.2, 0.25) is 0 Å². The van der Waals surface area contributed by atoms with Crippen molar-refractivity contribution in [2.75, 3.05) is 36.8 Å². The Morgan fingerprint density at radius 3 is 2.32 bits per heavy atom. The van der Waals surface area contributed by atoms with E-state index in [1.54, 1.807) is 23.1 Å². The molecular formula is C24H32ClN3OS2. The molecule has 0 saturated carbocycles. The highest BCUT2D eigenvalue weighted by Gasteiger charge is 2.22. The van der Waals surface area contributed by atoms with E-state index in [4.69, 9.17) is 4.98 Å². The summed E-state index contributed by atoms with van der Waals surface area (Å²) in [6.45, 7) is 12.0. The second-order valence-electron chi connectivity index (χ2n) is 7.09. The van der Waals surface area contributed by atoms with Crippen LogP contribution in [0.3, 0.4) is 0 Å². The normalized spacial score (nSPS) is 11.0. The Bertz CT molecular complexity index is 971. The molecule has 2 aromatic carbocycles. The summed E-state index contributed by atoms with van der Waals surface area (Å²) in [6.07, 6.45) is 0.996. The minimum atomic E-state index is 0. The van der Waals surface area contributed by atoms with E-state index in [1.165, 1.54) is 10.5 Å². The van der Waals surface area contributed by atoms with Crippen molar-refractivity contribution in [3.63, 3.8) is 0 Å². The predicted octanol–water partition coefficient (Wildman–Crippen LogP) is 6.38. The Hall–Kier alpha value is -1.60. The number of carbonyl (C=O) groups excluding carboxylic acids is 1. The highest BCUT2D eigenvalue weighted by Crippen LogP contribution is 2.31. The number of benzene rings is 2. The summed E-state index contributed by atoms with van der Waals surface area (Å²) < 4.78 is 1.14. The van der Waals surface area contributed by atoms with Gasteiger partial charge in [0.25, 0.3) is 5.91 Å². The van der Waals surface area contributed by atoms with Crippen LogP contribution in [0, 0.1) is 0 Å². The van der Waals surface area contributed by atoms with Crippen LogP contribution in [0.25, 0.3) is 10.2 Å². The first kappa shape index (κ1) is 25.7. The van der Waals surface area contributed by atoms with E-state index in [1.807, 2.05) is 29.2 Å². The largest absolute Gasteiger partial charge is 0.302 e. The number of hydrogen-bond donors (Lipinski definition) is 0. The van der Waals surface area contributed by atoms with E-state index < -0.39 is 0 Å². The molecular weight excluding hydrogens is 446 g/mol. The van der Waals surface area contributed by atoms with Crippen molar-refractivity contribution in [3.05, 3.63) is 53.6 Å². The summed E-state index contributed by atoms with van der Waals surface area (Å²) in [6, 6.07) is 14.3. The molecule has 1 aromatic heterocycles. The molecule has 0 fully saturated rings. The van der Waals surface area contributed by atoms with E-state index >= 15 is 0 Å². The monoisotopic (exact) mass is 477 g/mol. The highest BCUT2D eigenvalue weighted by molar-refractivity contribution is 7.99. The molecule has 3 rings (SSSR count). The molecule has 0 atom stereocenters. The molecule has 168 valence electrons. The number of anilines is 1. The van der Waals surface area contributed by atoms with Crippen molar-refractivity contribution >= 4 is 56.8 Å². The quantitative estimate of drug-likeness (QED) is 0.317. The van der Waals surface area contributed by atoms with E-state index in [0.29, 0.717) is 12.1 Å². The molecule has 0 unspecified atom stereocenters. The Labute approximate surface area is 200 Å². The van der Waals surface area contributed by atoms with Gasteiger partial charge in [0, 0.05) is 23.5 Å². The average Bonchev–Trinajstić information content (AvgIpc) is 3.20. The third kappa shape index (κ3) is 6.45. The Morgan fingerprint density at radius 2 is 1.71 bits per heavy atom. The Morgan fingerprint density at radius 1 is 1.00 bits per heavy atom. The Balaban J connectivity index is 0.00000341. The number of carbonyl (C=O) groups is 1. The van der Waals surface area contributed by atoms with Crippen LogP contribution in [-0.2, 0) is 6.42 Å². The highest BCUT2D eigenvalue weighted by atomic mass is 35.5. The van der Waals surface area contributed by atoms with Crippen molar-refractivity contribution in [2.45, 2.75) is 39.0 Å². The maximum Gasteiger partial charge on any atom is 0.260 e. The topological polar surface area (TPSA) is 36.4 Å². The van der Waals surface area contributed by atoms with Crippen molar-refractivity contribution < 1.29 is 4.79 Å². The molecule has 3 aromatic rings. The molecule has 0 saturated heterocycles. The fourth-order valence-corrected chi connectivity index (χ4v) is 5.09. The minimum Gasteiger partial charge on any atom is -0.302 e. The number of thioether (sulfide) groups is 1. The van der Waals surface area contributed by atoms with Crippen LogP contribution < -0.4 is 4.90 Å². The molecule has 0 aliphatic carbocycles. The van der Waals surface area contributed by atoms with E-state index in [2.05, 4.69) is 50.8 Å². The van der Waals surface area contributed by atoms with Crippen molar-refractivity contribution in [3.8, 4) is 0 Å². The number of likely N-dealkylation sites (N-methyl/N-ethyl adjacent to an activating group) is 1. The van der Waals surface area contributed by atoms with E-state index in [9.17, 15) is 4.79 Å². The standard InChI is InChI=1S/C24H31N3OS2.ClH/c1-5-18-9-14-21-22(17-18)30-24(25-21)27(16-15-26(6-2)7-3)23(28)19-10-12-20(13-11-19)29-8-4;/h9-14,17H,5-8,15-16H2,1-4H3;1H. The summed E-state index contributed by atoms with van der Waals surface area (Å²) >= 11 is 3.39. The lowest BCUT2D eigenvalue weighted by Crippen LogP contribution is -2.38. The second-order valence-corrected chi connectivity index (χ2v) is 9.44. The zero-order valence-corrected chi connectivity index (χ0v) is 21.2. The molecule has 0 aliphatic heterocycles. The van der Waals surface area contributed by atoms with Gasteiger partial charge in [-0.05, 0) is 67.2 Å². The van der Waals surface area contributed by atoms with Gasteiger partial charge in [-0.2, -0.15) is 0 Å². The van der Waals surface area contributed by atoms with Crippen LogP contribution in [0.2, 0.25) is 0 Å². The molecule has 1 amide bonds. The van der Waals surface area contributed by atoms with Gasteiger partial charge >= 0.3 is 0 Å². The predicted molar refractivity (Wildman–Crippen MR) is 139 cm³/mol. The number of thiazole rings is 1. The molecule has 31 heavy (non-hydrogen) atoms. The summed E-state index contributed by atoms with van der Waals surface area (Å²) in [5.74, 6) is 1.04. The first-order valence-corrected chi connectivity index (χ1v) is 12.6. The molecule has 1 heterocycles. The summed E-state index contributed by atoms with van der Waals surface area (Å²) in [5, 5.41) is 0.780. The van der Waals surface area contributed by atoms with Gasteiger partial charge in [-0.25, -0.2) is 4.98 Å². The van der Waals surface area contributed by atoms with Crippen molar-refractivity contribution in [2.24, 2.45) is 0 Å². The van der Waals surface area contributed by atoms with Crippen LogP contribution >= 0.6 is 35.5 Å². The maximum absolute atomic E-state index is 13.5. The average molecular weight is 478 g/mol. The molecule has 0 radical (unpaired) electrons. The van der Waals surface area contributed by atoms with Crippen LogP contribution in [0.1, 0.15) is 43.6 Å². The number of aromatic nitrogens is 1. The van der Waals surface area contributed by atoms with Crippen molar-refractivity contribution in [1.82, 2.24) is 9.88 Å². The second kappa shape index (κ2) is 12.4. The molecule has 7 heteroatoms. The van der Waals surface area contributed by atoms with Gasteiger partial charge < -0.3 is 4.90 Å². The fourth-order valence-electron chi connectivity index (χ4n) is 3.37. The van der Waals surface area contributed by atoms with Gasteiger partial charge in [0.1, 0.15) is 0 Å². The van der Waals surface area contributed by atoms with Crippen LogP contribution in [0.15, 0.2) is 47.4 Å². The minimum absolute atomic E-state index is 0. The third-order valence-corrected chi connectivity index (χ3v) is 7.21. The lowest BCUT2D eigenvalue weighted by Gasteiger charge is -2.24. The number of nitrogens with zero attached hydrogens (tertiary/aromatic N) is 3. The molecule has 0 bridgehead atoms. The van der Waals surface area contributed by atoms with Gasteiger partial charge in [0.15, 0.2) is 5.13 Å². The van der Waals surface area contributed by atoms with Gasteiger partial charge in [-0.3, -0.25) is 9.69 Å². The molecule has 4 nitrogen and oxygen atoms in total. The van der Waals surface area contributed by atoms with Crippen LogP contribution in [-0.4, -0.2) is 47.7 Å². The number of hydrogen-bond acceptors (Lipinski definition) is 5. The Kier molecular flexibility index (Phi) is 10.3. The number of halogens is 1. The zero-order chi connectivity index (χ0) is 21.5. The number of fused-ring (bicyclic) bond motifs is 1. The number of rotatable bonds is 10. The first-order chi connectivity index (χ1) is 14.6. The number of amides is 1. The fraction of sp³-hybridized carbons (Fsp3) is 0.417. The first-order valence-electron chi connectivity index (χ1n) is 10.8. The van der Waals surface area contributed by atoms with Gasteiger partial charge in [-0.15, -0.1) is 24.2 Å². The lowest BCUT2D eigenvalue weighted by molar-refractivity contribution is 0.0983. The summed E-state index contributed by atoms with van der Waals surface area (Å²) in [5.41, 5.74) is 2.97. The maximum atomic E-state index is 13.5. The van der Waals surface area contributed by atoms with Crippen LogP contribution in [0.4, 0.5) is 5.13 Å². The molecule has 0 aliphatic rings. The summed E-state index contributed by atoms with van der Waals surface area (Å²) in [7, 11) is 0. The lowest BCUT2D eigenvalue weighted by atomic mass is 10.2. The number of aryl methyl sites for hydroxylation is 1. The molecule has 0 spiro atoms. The van der Waals surface area contributed by atoms with Crippen molar-refractivity contribution in [1.29, 1.82) is 0 Å². The van der Waals surface area contributed by atoms with Crippen LogP contribution in [0.5, 0.6) is 0 Å². The third-order valence-electron chi connectivity index (χ3n) is 5.27. The van der Waals surface area contributed by atoms with E-state index in [-0.39, 0.29) is 18.3 Å². The van der Waals surface area contributed by atoms with Gasteiger partial charge in [0.05, 0.1) is 10.2 Å². The summed E-state index contributed by atoms with van der Waals surface area (Å²) in [4.78, 5) is 23.7. The zero-order valence-electron chi connectivity index (χ0n) is 18.8.